The van der Waals surface area contributed by atoms with E-state index in [2.05, 4.69) is 122 Å². The third-order valence-electron chi connectivity index (χ3n) is 7.12. The van der Waals surface area contributed by atoms with Crippen molar-refractivity contribution in [2.24, 2.45) is 0 Å². The van der Waals surface area contributed by atoms with Crippen LogP contribution in [0.15, 0.2) is 97.1 Å². The van der Waals surface area contributed by atoms with E-state index >= 15 is 0 Å². The van der Waals surface area contributed by atoms with E-state index in [9.17, 15) is 0 Å². The molecule has 0 atom stereocenters. The third kappa shape index (κ3) is 3.68. The van der Waals surface area contributed by atoms with Crippen molar-refractivity contribution in [3.05, 3.63) is 136 Å². The van der Waals surface area contributed by atoms with Crippen molar-refractivity contribution < 1.29 is 0 Å². The Hall–Kier alpha value is -3.84. The molecule has 34 heavy (non-hydrogen) atoms. The molecule has 1 heterocycles. The van der Waals surface area contributed by atoms with Crippen LogP contribution in [0.25, 0.3) is 28.2 Å². The van der Waals surface area contributed by atoms with E-state index in [0.29, 0.717) is 0 Å². The van der Waals surface area contributed by atoms with E-state index in [1.54, 1.807) is 5.56 Å². The van der Waals surface area contributed by atoms with E-state index in [4.69, 9.17) is 0 Å². The minimum atomic E-state index is 1.16. The Labute approximate surface area is 202 Å². The zero-order valence-electron chi connectivity index (χ0n) is 19.9. The molecule has 1 aliphatic rings. The van der Waals surface area contributed by atoms with E-state index in [0.717, 1.165) is 6.42 Å². The molecule has 1 heteroatoms. The van der Waals surface area contributed by atoms with Gasteiger partial charge in [0.2, 0.25) is 0 Å². The fourth-order valence-electron chi connectivity index (χ4n) is 5.31. The smallest absolute Gasteiger partial charge is 0.0534 e. The van der Waals surface area contributed by atoms with Crippen molar-refractivity contribution in [1.82, 2.24) is 4.57 Å². The average Bonchev–Trinajstić information content (AvgIpc) is 3.46. The minimum absolute atomic E-state index is 1.16. The average molecular weight is 440 g/mol. The van der Waals surface area contributed by atoms with Gasteiger partial charge in [0.05, 0.1) is 5.52 Å². The first-order chi connectivity index (χ1) is 16.7. The number of rotatable bonds is 4. The van der Waals surface area contributed by atoms with Gasteiger partial charge < -0.3 is 4.57 Å². The molecule has 0 bridgehead atoms. The van der Waals surface area contributed by atoms with Crippen LogP contribution in [0.3, 0.4) is 0 Å². The molecule has 0 aliphatic heterocycles. The van der Waals surface area contributed by atoms with E-state index in [1.807, 2.05) is 0 Å². The summed E-state index contributed by atoms with van der Waals surface area (Å²) in [4.78, 5) is 0. The normalized spacial score (nSPS) is 12.6. The van der Waals surface area contributed by atoms with Gasteiger partial charge >= 0.3 is 0 Å². The third-order valence-corrected chi connectivity index (χ3v) is 7.12. The number of nitrogens with zero attached hydrogens (tertiary/aromatic N) is 1. The molecular weight excluding hydrogens is 410 g/mol. The first kappa shape index (κ1) is 20.7. The predicted octanol–water partition coefficient (Wildman–Crippen LogP) is 8.32. The molecule has 0 spiro atoms. The highest BCUT2D eigenvalue weighted by Crippen LogP contribution is 2.35. The fraction of sp³-hybridized carbons (Fsp3) is 0.152. The van der Waals surface area contributed by atoms with Crippen LogP contribution in [0.5, 0.6) is 0 Å². The van der Waals surface area contributed by atoms with Crippen molar-refractivity contribution >= 4 is 22.6 Å². The van der Waals surface area contributed by atoms with Crippen LogP contribution >= 0.6 is 0 Å². The fourth-order valence-corrected chi connectivity index (χ4v) is 5.31. The Morgan fingerprint density at radius 3 is 1.94 bits per heavy atom. The maximum atomic E-state index is 2.48. The summed E-state index contributed by atoms with van der Waals surface area (Å²) >= 11 is 0. The highest BCUT2D eigenvalue weighted by atomic mass is 15.0. The Kier molecular flexibility index (Phi) is 5.19. The molecule has 5 aromatic rings. The molecule has 1 nitrogen and oxygen atoms in total. The van der Waals surface area contributed by atoms with Crippen LogP contribution in [0, 0.1) is 13.8 Å². The van der Waals surface area contributed by atoms with Crippen LogP contribution in [-0.2, 0) is 12.8 Å². The molecule has 6 rings (SSSR count). The number of benzene rings is 4. The first-order valence-corrected chi connectivity index (χ1v) is 12.2. The van der Waals surface area contributed by atoms with Gasteiger partial charge in [-0.05, 0) is 85.2 Å². The summed E-state index contributed by atoms with van der Waals surface area (Å²) in [6, 6.07) is 35.6. The topological polar surface area (TPSA) is 4.93 Å². The maximum Gasteiger partial charge on any atom is 0.0534 e. The number of hydrogen-bond acceptors (Lipinski definition) is 0. The van der Waals surface area contributed by atoms with Crippen LogP contribution in [0.4, 0.5) is 0 Å². The summed E-state index contributed by atoms with van der Waals surface area (Å²) in [6.07, 6.45) is 5.93. The van der Waals surface area contributed by atoms with Crippen molar-refractivity contribution in [2.45, 2.75) is 33.1 Å². The Morgan fingerprint density at radius 2 is 1.29 bits per heavy atom. The van der Waals surface area contributed by atoms with Gasteiger partial charge in [0.15, 0.2) is 0 Å². The quantitative estimate of drug-likeness (QED) is 0.248. The van der Waals surface area contributed by atoms with Gasteiger partial charge in [0.1, 0.15) is 0 Å². The first-order valence-electron chi connectivity index (χ1n) is 12.2. The molecule has 0 saturated heterocycles. The molecule has 166 valence electrons. The maximum absolute atomic E-state index is 2.48. The van der Waals surface area contributed by atoms with Crippen LogP contribution < -0.4 is 0 Å². The number of hydrogen-bond donors (Lipinski definition) is 0. The molecule has 0 fully saturated rings. The Balaban J connectivity index is 1.43. The molecule has 0 N–H and O–H groups in total. The molecule has 0 unspecified atom stereocenters. The van der Waals surface area contributed by atoms with Crippen LogP contribution in [0.2, 0.25) is 0 Å². The summed E-state index contributed by atoms with van der Waals surface area (Å²) < 4.78 is 2.48. The second kappa shape index (κ2) is 8.50. The van der Waals surface area contributed by atoms with E-state index < -0.39 is 0 Å². The van der Waals surface area contributed by atoms with E-state index in [1.165, 1.54) is 68.5 Å². The zero-order valence-corrected chi connectivity index (χ0v) is 19.9. The molecule has 1 aromatic heterocycles. The summed E-state index contributed by atoms with van der Waals surface area (Å²) in [6.45, 7) is 4.28. The van der Waals surface area contributed by atoms with Gasteiger partial charge in [-0.2, -0.15) is 0 Å². The summed E-state index contributed by atoms with van der Waals surface area (Å²) in [7, 11) is 0. The molecule has 0 saturated carbocycles. The monoisotopic (exact) mass is 439 g/mol. The standard InChI is InChI=1S/C33H29N/c1-23-10-16-26(17-11-23)31(27-18-12-24(2)13-19-27)22-25-14-20-28(21-15-25)34-32-8-4-3-6-29(32)30-7-5-9-33(30)34/h3-4,6,8,10-22H,5,7,9H2,1-2H3. The van der Waals surface area contributed by atoms with Gasteiger partial charge in [-0.3, -0.25) is 0 Å². The lowest BCUT2D eigenvalue weighted by Crippen LogP contribution is -1.98. The highest BCUT2D eigenvalue weighted by molar-refractivity contribution is 5.92. The molecule has 4 aromatic carbocycles. The van der Waals surface area contributed by atoms with Crippen LogP contribution in [-0.4, -0.2) is 4.57 Å². The lowest BCUT2D eigenvalue weighted by atomic mass is 9.94. The lowest BCUT2D eigenvalue weighted by molar-refractivity contribution is 0.874. The Bertz CT molecular complexity index is 1450. The van der Waals surface area contributed by atoms with Gasteiger partial charge in [-0.1, -0.05) is 90.0 Å². The molecule has 1 aliphatic carbocycles. The van der Waals surface area contributed by atoms with Crippen LogP contribution in [0.1, 0.15) is 45.5 Å². The van der Waals surface area contributed by atoms with Gasteiger partial charge in [-0.25, -0.2) is 0 Å². The number of aromatic nitrogens is 1. The van der Waals surface area contributed by atoms with Gasteiger partial charge in [0, 0.05) is 16.8 Å². The largest absolute Gasteiger partial charge is 0.313 e. The molecular formula is C33H29N. The second-order valence-electron chi connectivity index (χ2n) is 9.51. The van der Waals surface area contributed by atoms with Crippen molar-refractivity contribution in [3.8, 4) is 5.69 Å². The van der Waals surface area contributed by atoms with Gasteiger partial charge in [0.25, 0.3) is 0 Å². The second-order valence-corrected chi connectivity index (χ2v) is 9.51. The minimum Gasteiger partial charge on any atom is -0.313 e. The summed E-state index contributed by atoms with van der Waals surface area (Å²) in [5.74, 6) is 0. The van der Waals surface area contributed by atoms with E-state index in [-0.39, 0.29) is 0 Å². The number of aryl methyl sites for hydroxylation is 3. The van der Waals surface area contributed by atoms with Gasteiger partial charge in [-0.15, -0.1) is 0 Å². The van der Waals surface area contributed by atoms with Crippen molar-refractivity contribution in [3.63, 3.8) is 0 Å². The summed E-state index contributed by atoms with van der Waals surface area (Å²) in [5, 5.41) is 1.42. The molecule has 0 radical (unpaired) electrons. The van der Waals surface area contributed by atoms with Crippen molar-refractivity contribution in [2.75, 3.05) is 0 Å². The summed E-state index contributed by atoms with van der Waals surface area (Å²) in [5.41, 5.74) is 13.1. The molecule has 0 amide bonds. The van der Waals surface area contributed by atoms with Crippen molar-refractivity contribution in [1.29, 1.82) is 0 Å². The highest BCUT2D eigenvalue weighted by Gasteiger charge is 2.21. The predicted molar refractivity (Wildman–Crippen MR) is 145 cm³/mol. The number of fused-ring (bicyclic) bond motifs is 3. The SMILES string of the molecule is Cc1ccc(C(=Cc2ccc(-n3c4c(c5ccccc53)CCC4)cc2)c2ccc(C)cc2)cc1. The zero-order chi connectivity index (χ0) is 23.1. The number of para-hydroxylation sites is 1. The Morgan fingerprint density at radius 1 is 0.676 bits per heavy atom. The lowest BCUT2D eigenvalue weighted by Gasteiger charge is -2.12.